The summed E-state index contributed by atoms with van der Waals surface area (Å²) in [5.41, 5.74) is 0.0569. The van der Waals surface area contributed by atoms with Gasteiger partial charge >= 0.3 is 6.01 Å². The van der Waals surface area contributed by atoms with Crippen LogP contribution >= 0.6 is 11.6 Å². The monoisotopic (exact) mass is 500 g/mol. The average Bonchev–Trinajstić information content (AvgIpc) is 2.66. The Morgan fingerprint density at radius 3 is 2.36 bits per heavy atom. The lowest BCUT2D eigenvalue weighted by Crippen LogP contribution is -2.44. The van der Waals surface area contributed by atoms with Crippen LogP contribution in [-0.4, -0.2) is 35.9 Å². The van der Waals surface area contributed by atoms with Crippen LogP contribution in [0.15, 0.2) is 18.2 Å². The molecule has 184 valence electrons. The molecule has 1 unspecified atom stereocenters. The normalized spacial score (nSPS) is 14.3. The second-order valence-electron chi connectivity index (χ2n) is 10.2. The zero-order chi connectivity index (χ0) is 25.0. The summed E-state index contributed by atoms with van der Waals surface area (Å²) in [6.07, 6.45) is -0.000604. The van der Waals surface area contributed by atoms with Gasteiger partial charge in [0, 0.05) is 5.56 Å². The Balaban J connectivity index is 2.18. The first-order valence-electron chi connectivity index (χ1n) is 11.1. The molecule has 0 aliphatic heterocycles. The molecule has 0 saturated carbocycles. The summed E-state index contributed by atoms with van der Waals surface area (Å²) in [4.78, 5) is 12.4. The number of ether oxygens (including phenoxy) is 1. The smallest absolute Gasteiger partial charge is 0.323 e. The first kappa shape index (κ1) is 27.4. The quantitative estimate of drug-likeness (QED) is 0.362. The van der Waals surface area contributed by atoms with Crippen LogP contribution in [0.25, 0.3) is 0 Å². The second kappa shape index (κ2) is 11.1. The van der Waals surface area contributed by atoms with Gasteiger partial charge in [0.1, 0.15) is 6.10 Å². The van der Waals surface area contributed by atoms with Crippen molar-refractivity contribution in [1.82, 2.24) is 15.0 Å². The van der Waals surface area contributed by atoms with Gasteiger partial charge in [-0.25, -0.2) is 8.78 Å². The molecule has 1 N–H and O–H groups in total. The van der Waals surface area contributed by atoms with Crippen molar-refractivity contribution in [2.45, 2.75) is 78.2 Å². The molecule has 0 aliphatic rings. The largest absolute Gasteiger partial charge is 0.455 e. The van der Waals surface area contributed by atoms with Crippen LogP contribution in [0.5, 0.6) is 6.01 Å². The summed E-state index contributed by atoms with van der Waals surface area (Å²) in [5, 5.41) is 3.31. The minimum atomic E-state index is -1.94. The van der Waals surface area contributed by atoms with E-state index in [1.165, 1.54) is 12.1 Å². The Morgan fingerprint density at radius 1 is 1.09 bits per heavy atom. The topological polar surface area (TPSA) is 69.2 Å². The Labute approximate surface area is 201 Å². The lowest BCUT2D eigenvalue weighted by Gasteiger charge is -2.37. The molecular weight excluding hydrogens is 466 g/mol. The van der Waals surface area contributed by atoms with Crippen LogP contribution in [0.2, 0.25) is 23.4 Å². The first-order chi connectivity index (χ1) is 15.2. The molecule has 0 radical (unpaired) electrons. The molecule has 0 saturated heterocycles. The van der Waals surface area contributed by atoms with Gasteiger partial charge in [-0.05, 0) is 55.1 Å². The number of benzene rings is 1. The number of rotatable bonds is 10. The van der Waals surface area contributed by atoms with Crippen molar-refractivity contribution in [1.29, 1.82) is 0 Å². The summed E-state index contributed by atoms with van der Waals surface area (Å²) in [6, 6.07) is 3.78. The molecule has 0 aliphatic carbocycles. The van der Waals surface area contributed by atoms with Crippen molar-refractivity contribution < 1.29 is 17.9 Å². The van der Waals surface area contributed by atoms with E-state index >= 15 is 0 Å². The van der Waals surface area contributed by atoms with Gasteiger partial charge in [0.2, 0.25) is 11.2 Å². The van der Waals surface area contributed by atoms with Crippen molar-refractivity contribution in [3.05, 3.63) is 40.7 Å². The summed E-state index contributed by atoms with van der Waals surface area (Å²) < 4.78 is 39.7. The van der Waals surface area contributed by atoms with E-state index < -0.39 is 26.1 Å². The summed E-state index contributed by atoms with van der Waals surface area (Å²) in [6.45, 7) is 17.3. The maximum Gasteiger partial charge on any atom is 0.323 e. The number of anilines is 1. The number of nitrogens with zero attached hydrogens (tertiary/aromatic N) is 3. The van der Waals surface area contributed by atoms with Crippen molar-refractivity contribution in [2.24, 2.45) is 5.92 Å². The van der Waals surface area contributed by atoms with Gasteiger partial charge in [0.05, 0.1) is 12.6 Å². The van der Waals surface area contributed by atoms with Crippen LogP contribution in [0.4, 0.5) is 14.7 Å². The SMILES string of the molecule is CC(C)C[C@H](CO[Si](C)(C)C(C)(C)C)Nc1nc(Cl)nc(OC(C)c2cccc(F)c2F)n1. The standard InChI is InChI=1S/C23H35ClF2N4O2Si/c1-14(2)12-16(13-31-33(7,8)23(4,5)6)27-21-28-20(24)29-22(30-21)32-15(3)17-10-9-11-18(25)19(17)26/h9-11,14-16H,12-13H2,1-8H3,(H,27,28,29,30)/t15?,16-/m1/s1. The fourth-order valence-corrected chi connectivity index (χ4v) is 4.15. The molecule has 2 aromatic rings. The van der Waals surface area contributed by atoms with E-state index in [1.54, 1.807) is 6.92 Å². The molecule has 0 amide bonds. The molecule has 6 nitrogen and oxygen atoms in total. The average molecular weight is 501 g/mol. The third kappa shape index (κ3) is 7.86. The zero-order valence-electron chi connectivity index (χ0n) is 20.7. The highest BCUT2D eigenvalue weighted by atomic mass is 35.5. The first-order valence-corrected chi connectivity index (χ1v) is 14.4. The van der Waals surface area contributed by atoms with E-state index in [2.05, 4.69) is 68.0 Å². The highest BCUT2D eigenvalue weighted by Crippen LogP contribution is 2.36. The van der Waals surface area contributed by atoms with Gasteiger partial charge in [0.25, 0.3) is 0 Å². The minimum absolute atomic E-state index is 0.0523. The van der Waals surface area contributed by atoms with Crippen LogP contribution in [0, 0.1) is 17.6 Å². The van der Waals surface area contributed by atoms with Gasteiger partial charge < -0.3 is 14.5 Å². The number of hydrogen-bond donors (Lipinski definition) is 1. The maximum absolute atomic E-state index is 14.1. The van der Waals surface area contributed by atoms with Crippen LogP contribution in [0.1, 0.15) is 59.6 Å². The molecule has 10 heteroatoms. The van der Waals surface area contributed by atoms with Crippen LogP contribution < -0.4 is 10.1 Å². The van der Waals surface area contributed by atoms with Gasteiger partial charge in [-0.1, -0.05) is 46.8 Å². The van der Waals surface area contributed by atoms with Crippen molar-refractivity contribution in [3.8, 4) is 6.01 Å². The van der Waals surface area contributed by atoms with Gasteiger partial charge in [-0.3, -0.25) is 0 Å². The Kier molecular flexibility index (Phi) is 9.18. The lowest BCUT2D eigenvalue weighted by molar-refractivity contribution is 0.200. The molecule has 2 rings (SSSR count). The molecule has 1 aromatic carbocycles. The number of hydrogen-bond acceptors (Lipinski definition) is 6. The van der Waals surface area contributed by atoms with E-state index in [0.29, 0.717) is 12.5 Å². The molecular formula is C23H35ClF2N4O2Si. The molecule has 1 heterocycles. The zero-order valence-corrected chi connectivity index (χ0v) is 22.4. The Bertz CT molecular complexity index is 941. The predicted octanol–water partition coefficient (Wildman–Crippen LogP) is 6.79. The van der Waals surface area contributed by atoms with E-state index in [0.717, 1.165) is 12.5 Å². The van der Waals surface area contributed by atoms with Gasteiger partial charge in [-0.2, -0.15) is 15.0 Å². The summed E-state index contributed by atoms with van der Waals surface area (Å²) in [5.74, 6) is -1.27. The number of nitrogens with one attached hydrogen (secondary N) is 1. The van der Waals surface area contributed by atoms with Gasteiger partial charge in [0.15, 0.2) is 20.0 Å². The highest BCUT2D eigenvalue weighted by Gasteiger charge is 2.37. The predicted molar refractivity (Wildman–Crippen MR) is 130 cm³/mol. The third-order valence-corrected chi connectivity index (χ3v) is 10.5. The van der Waals surface area contributed by atoms with Crippen molar-refractivity contribution in [3.63, 3.8) is 0 Å². The molecule has 33 heavy (non-hydrogen) atoms. The third-order valence-electron chi connectivity index (χ3n) is 5.83. The van der Waals surface area contributed by atoms with E-state index in [-0.39, 0.29) is 33.9 Å². The Morgan fingerprint density at radius 2 is 1.76 bits per heavy atom. The maximum atomic E-state index is 14.1. The van der Waals surface area contributed by atoms with Crippen LogP contribution in [-0.2, 0) is 4.43 Å². The van der Waals surface area contributed by atoms with E-state index in [9.17, 15) is 8.78 Å². The van der Waals surface area contributed by atoms with E-state index in [4.69, 9.17) is 20.8 Å². The summed E-state index contributed by atoms with van der Waals surface area (Å²) >= 11 is 6.09. The Hall–Kier alpha value is -1.84. The lowest BCUT2D eigenvalue weighted by atomic mass is 10.0. The van der Waals surface area contributed by atoms with E-state index in [1.807, 2.05) is 0 Å². The molecule has 0 spiro atoms. The highest BCUT2D eigenvalue weighted by molar-refractivity contribution is 6.74. The van der Waals surface area contributed by atoms with Crippen molar-refractivity contribution in [2.75, 3.05) is 11.9 Å². The molecule has 2 atom stereocenters. The minimum Gasteiger partial charge on any atom is -0.455 e. The second-order valence-corrected chi connectivity index (χ2v) is 15.3. The number of halogens is 3. The molecule has 0 fully saturated rings. The number of aromatic nitrogens is 3. The fraction of sp³-hybridized carbons (Fsp3) is 0.609. The van der Waals surface area contributed by atoms with Crippen molar-refractivity contribution >= 4 is 25.9 Å². The fourth-order valence-electron chi connectivity index (χ4n) is 2.95. The van der Waals surface area contributed by atoms with Crippen LogP contribution in [0.3, 0.4) is 0 Å². The molecule has 1 aromatic heterocycles. The molecule has 0 bridgehead atoms. The summed E-state index contributed by atoms with van der Waals surface area (Å²) in [7, 11) is -1.94. The van der Waals surface area contributed by atoms with Gasteiger partial charge in [-0.15, -0.1) is 0 Å².